The smallest absolute Gasteiger partial charge is 0.331 e. The maximum atomic E-state index is 8.22. The molecule has 0 saturated heterocycles. The summed E-state index contributed by atoms with van der Waals surface area (Å²) in [5.74, 6) is 0. The number of hydrogen-bond donors (Lipinski definition) is 6. The first kappa shape index (κ1) is 86.7. The number of rotatable bonds is 3. The van der Waals surface area contributed by atoms with Crippen LogP contribution in [0.25, 0.3) is 0 Å². The van der Waals surface area contributed by atoms with Crippen LogP contribution in [0.3, 0.4) is 0 Å². The van der Waals surface area contributed by atoms with Gasteiger partial charge in [0.2, 0.25) is 0 Å². The zero-order valence-corrected chi connectivity index (χ0v) is 21.4. The van der Waals surface area contributed by atoms with E-state index in [1.807, 2.05) is 20.1 Å². The van der Waals surface area contributed by atoms with Crippen LogP contribution in [0.2, 0.25) is 45.8 Å². The Hall–Kier alpha value is 0.468. The molecule has 0 saturated carbocycles. The van der Waals surface area contributed by atoms with E-state index in [9.17, 15) is 0 Å². The van der Waals surface area contributed by atoms with E-state index in [1.54, 1.807) is 14.2 Å². The summed E-state index contributed by atoms with van der Waals surface area (Å²) >= 11 is 0. The number of hydrogen-bond acceptors (Lipinski definition) is 8. The van der Waals surface area contributed by atoms with Gasteiger partial charge in [-0.15, -0.1) is 0 Å². The van der Waals surface area contributed by atoms with Crippen molar-refractivity contribution in [3.05, 3.63) is 0 Å². The molecule has 0 heterocycles. The Bertz CT molecular complexity index is 201. The van der Waals surface area contributed by atoms with E-state index in [-0.39, 0.29) is 74.2 Å². The standard InChI is InChI=1S/C4H12O2Si.C2H9NSi.2C2H8O2Si.6CH4.H3N.2H2O.2H2/c1-5-7(3,4)6-2;1-3-4-2;2*1-5(2,3)4;;;;;;;;;;;/h1-4H3;3H,4H2,1-2H3;2*3-4H,1-2H3;6*1H4;1H3;2*1H2;2*1H/i;;;;;;;;;;;;;1+1;. The molecule has 0 unspecified atom stereocenters. The van der Waals surface area contributed by atoms with E-state index in [0.717, 1.165) is 0 Å². The van der Waals surface area contributed by atoms with Crippen molar-refractivity contribution >= 4 is 35.4 Å². The van der Waals surface area contributed by atoms with Crippen LogP contribution in [0.4, 0.5) is 0 Å². The maximum absolute atomic E-state index is 8.22. The second-order valence-corrected chi connectivity index (χ2v) is 16.5. The Kier molecular flexibility index (Phi) is 137. The fourth-order valence-corrected chi connectivity index (χ4v) is 0.250. The largest absolute Gasteiger partial charge is 0.412 e. The predicted octanol–water partition coefficient (Wildman–Crippen LogP) is 2.49. The highest BCUT2D eigenvalue weighted by Gasteiger charge is 2.19. The van der Waals surface area contributed by atoms with Crippen LogP contribution in [0, 0.1) is 0 Å². The molecule has 0 aliphatic carbocycles. The molecule has 0 amide bonds. The Morgan fingerprint density at radius 3 is 0.800 bits per heavy atom. The Balaban J connectivity index is -0.00000000841. The lowest BCUT2D eigenvalue weighted by molar-refractivity contribution is 0.258. The summed E-state index contributed by atoms with van der Waals surface area (Å²) in [7, 11) is -1.35. The van der Waals surface area contributed by atoms with Gasteiger partial charge in [-0.05, 0) is 46.3 Å². The SMILES string of the molecule is C.C.C.C.C.C.CN[SiH2]C.CO[Si](C)(C)OC.C[Si](C)(O)O.C[Si](C)(O)O.N.O.O.[2HH].[HH]. The van der Waals surface area contributed by atoms with Crippen molar-refractivity contribution in [3.63, 3.8) is 0 Å². The van der Waals surface area contributed by atoms with E-state index in [2.05, 4.69) is 11.5 Å². The van der Waals surface area contributed by atoms with Crippen LogP contribution in [-0.2, 0) is 8.85 Å². The van der Waals surface area contributed by atoms with Crippen molar-refractivity contribution < 1.29 is 41.8 Å². The third-order valence-corrected chi connectivity index (χ3v) is 4.01. The minimum Gasteiger partial charge on any atom is -0.412 e. The molecule has 0 aromatic carbocycles. The Morgan fingerprint density at radius 2 is 0.800 bits per heavy atom. The summed E-state index contributed by atoms with van der Waals surface area (Å²) < 4.78 is 10.0. The molecule has 210 valence electrons. The monoisotopic (exact) mass is 533 g/mol. The lowest BCUT2D eigenvalue weighted by Crippen LogP contribution is -2.31. The van der Waals surface area contributed by atoms with Gasteiger partial charge in [-0.2, -0.15) is 0 Å². The van der Waals surface area contributed by atoms with Crippen LogP contribution < -0.4 is 11.1 Å². The predicted molar refractivity (Wildman–Crippen MR) is 156 cm³/mol. The minimum absolute atomic E-state index is 0. The molecule has 0 aliphatic rings. The lowest BCUT2D eigenvalue weighted by atomic mass is 11.6. The quantitative estimate of drug-likeness (QED) is 0.296. The van der Waals surface area contributed by atoms with Gasteiger partial charge in [0.1, 0.15) is 0 Å². The summed E-state index contributed by atoms with van der Waals surface area (Å²) in [6.07, 6.45) is 0. The summed E-state index contributed by atoms with van der Waals surface area (Å²) in [5, 5.41) is 0. The maximum Gasteiger partial charge on any atom is 0.331 e. The van der Waals surface area contributed by atoms with Gasteiger partial charge in [-0.25, -0.2) is 0 Å². The first-order chi connectivity index (χ1) is 9.04. The molecule has 0 rings (SSSR count). The second-order valence-electron chi connectivity index (χ2n) is 5.50. The highest BCUT2D eigenvalue weighted by Crippen LogP contribution is 1.99. The van der Waals surface area contributed by atoms with E-state index >= 15 is 0 Å². The topological polar surface area (TPSA) is 209 Å². The zero-order valence-electron chi connectivity index (χ0n) is 17.0. The van der Waals surface area contributed by atoms with E-state index in [0.29, 0.717) is 0 Å². The summed E-state index contributed by atoms with van der Waals surface area (Å²) in [6.45, 7) is 11.9. The van der Waals surface area contributed by atoms with Gasteiger partial charge in [0.05, 0.1) is 9.68 Å². The van der Waals surface area contributed by atoms with E-state index in [1.165, 1.54) is 26.2 Å². The third-order valence-electron chi connectivity index (χ3n) is 1.34. The molecule has 14 heteroatoms. The molecular weight excluding hydrogens is 461 g/mol. The third kappa shape index (κ3) is 385. The van der Waals surface area contributed by atoms with Crippen LogP contribution in [0.1, 0.15) is 47.4 Å². The fraction of sp³-hybridized carbons (Fsp3) is 1.00. The highest BCUT2D eigenvalue weighted by atomic mass is 28.4. The Labute approximate surface area is 200 Å². The van der Waals surface area contributed by atoms with Crippen molar-refractivity contribution in [3.8, 4) is 0 Å². The first-order valence-corrected chi connectivity index (χ1v) is 17.4. The molecule has 30 heavy (non-hydrogen) atoms. The molecule has 0 fully saturated rings. The average Bonchev–Trinajstić information content (AvgIpc) is 2.25. The van der Waals surface area contributed by atoms with Gasteiger partial charge in [0.15, 0.2) is 0 Å². The van der Waals surface area contributed by atoms with Gasteiger partial charge in [-0.3, -0.25) is 0 Å². The van der Waals surface area contributed by atoms with E-state index < -0.39 is 25.7 Å². The molecule has 0 radical (unpaired) electrons. The van der Waals surface area contributed by atoms with Gasteiger partial charge < -0.3 is 50.1 Å². The molecule has 0 aromatic rings. The van der Waals surface area contributed by atoms with Crippen molar-refractivity contribution in [2.24, 2.45) is 0 Å². The van der Waals surface area contributed by atoms with Gasteiger partial charge in [0, 0.05) is 17.1 Å². The normalized spacial score (nSPS) is 8.20. The fourth-order valence-electron chi connectivity index (χ4n) is 0.0833. The number of nitrogens with one attached hydrogen (secondary N) is 1. The van der Waals surface area contributed by atoms with Crippen molar-refractivity contribution in [2.45, 2.75) is 90.4 Å². The molecule has 12 N–H and O–H groups in total. The molecule has 0 atom stereocenters. The average molecular weight is 534 g/mol. The van der Waals surface area contributed by atoms with Crippen LogP contribution in [-0.4, -0.2) is 86.8 Å². The van der Waals surface area contributed by atoms with Crippen LogP contribution in [0.15, 0.2) is 0 Å². The van der Waals surface area contributed by atoms with Gasteiger partial charge >= 0.3 is 25.7 Å². The van der Waals surface area contributed by atoms with Crippen LogP contribution >= 0.6 is 0 Å². The zero-order chi connectivity index (χ0) is 18.3. The molecule has 0 spiro atoms. The Morgan fingerprint density at radius 1 is 0.700 bits per heavy atom. The molecule has 0 bridgehead atoms. The lowest BCUT2D eigenvalue weighted by Gasteiger charge is -2.15. The molecule has 0 aromatic heterocycles. The summed E-state index contributed by atoms with van der Waals surface area (Å²) in [6, 6.07) is 0. The molecular formula is C16H72N2O8Si4. The molecule has 10 nitrogen and oxygen atoms in total. The minimum atomic E-state index is -2.61. The van der Waals surface area contributed by atoms with E-state index in [4.69, 9.17) is 28.0 Å². The van der Waals surface area contributed by atoms with Gasteiger partial charge in [0.25, 0.3) is 0 Å². The summed E-state index contributed by atoms with van der Waals surface area (Å²) in [5.41, 5.74) is 0. The first-order valence-electron chi connectivity index (χ1n) is 6.68. The van der Waals surface area contributed by atoms with Crippen molar-refractivity contribution in [2.75, 3.05) is 21.3 Å². The van der Waals surface area contributed by atoms with Crippen molar-refractivity contribution in [1.29, 1.82) is 0 Å². The second kappa shape index (κ2) is 47.3. The highest BCUT2D eigenvalue weighted by molar-refractivity contribution is 6.64. The summed E-state index contributed by atoms with van der Waals surface area (Å²) in [4.78, 5) is 35.9. The van der Waals surface area contributed by atoms with Gasteiger partial charge in [-0.1, -0.05) is 51.1 Å². The van der Waals surface area contributed by atoms with Crippen LogP contribution in [0.5, 0.6) is 0 Å². The molecule has 0 aliphatic heterocycles. The van der Waals surface area contributed by atoms with Crippen molar-refractivity contribution in [1.82, 2.24) is 11.1 Å².